The Labute approximate surface area is 172 Å². The van der Waals surface area contributed by atoms with Crippen molar-refractivity contribution in [1.82, 2.24) is 9.66 Å². The number of nitrogens with one attached hydrogen (secondary N) is 1. The van der Waals surface area contributed by atoms with Gasteiger partial charge in [0.1, 0.15) is 0 Å². The maximum Gasteiger partial charge on any atom is 0.349 e. The first kappa shape index (κ1) is 20.3. The first-order valence-electron chi connectivity index (χ1n) is 8.56. The molecule has 0 fully saturated rings. The molecule has 0 aliphatic heterocycles. The van der Waals surface area contributed by atoms with E-state index in [4.69, 9.17) is 15.2 Å². The van der Waals surface area contributed by atoms with Gasteiger partial charge < -0.3 is 20.2 Å². The van der Waals surface area contributed by atoms with Crippen LogP contribution < -0.4 is 26.5 Å². The number of nitrogens with two attached hydrogens (primary N) is 1. The highest BCUT2D eigenvalue weighted by Crippen LogP contribution is 2.36. The molecule has 150 valence electrons. The third-order valence-electron chi connectivity index (χ3n) is 3.80. The number of halogens is 1. The van der Waals surface area contributed by atoms with Crippen LogP contribution in [0.3, 0.4) is 0 Å². The third-order valence-corrected chi connectivity index (χ3v) is 4.39. The number of hydrogen-bond donors (Lipinski definition) is 2. The quantitative estimate of drug-likeness (QED) is 0.517. The van der Waals surface area contributed by atoms with E-state index >= 15 is 0 Å². The number of H-pyrrole nitrogens is 1. The van der Waals surface area contributed by atoms with Crippen molar-refractivity contribution in [2.75, 3.05) is 13.2 Å². The number of aromatic nitrogens is 2. The van der Waals surface area contributed by atoms with Gasteiger partial charge in [-0.3, -0.25) is 9.59 Å². The van der Waals surface area contributed by atoms with Gasteiger partial charge in [0, 0.05) is 0 Å². The molecule has 10 heteroatoms. The van der Waals surface area contributed by atoms with Crippen molar-refractivity contribution in [2.24, 2.45) is 10.8 Å². The number of ether oxygens (including phenoxy) is 2. The maximum absolute atomic E-state index is 12.5. The Balaban J connectivity index is 2.01. The Hall–Kier alpha value is -3.40. The number of fused-ring (bicyclic) bond motifs is 1. The maximum atomic E-state index is 12.5. The van der Waals surface area contributed by atoms with E-state index in [-0.39, 0.29) is 6.61 Å². The summed E-state index contributed by atoms with van der Waals surface area (Å²) < 4.78 is 12.2. The number of aromatic amines is 1. The first-order chi connectivity index (χ1) is 13.9. The summed E-state index contributed by atoms with van der Waals surface area (Å²) in [7, 11) is 0. The molecule has 3 rings (SSSR count). The standard InChI is InChI=1S/C19H17BrN4O5/c1-2-28-15-8-11(7-13(20)17(15)29-10-16(21)25)9-22-24-18(26)12-5-3-4-6-14(12)23-19(24)27/h3-9H,2,10H2,1H3,(H2,21,25)(H,23,27). The number of rotatable bonds is 7. The fourth-order valence-corrected chi connectivity index (χ4v) is 3.17. The van der Waals surface area contributed by atoms with E-state index in [0.29, 0.717) is 39.0 Å². The zero-order valence-corrected chi connectivity index (χ0v) is 16.9. The number of nitrogens with zero attached hydrogens (tertiary/aromatic N) is 2. The number of carbonyl (C=O) groups excluding carboxylic acids is 1. The van der Waals surface area contributed by atoms with Gasteiger partial charge in [-0.25, -0.2) is 4.79 Å². The molecule has 0 aliphatic carbocycles. The molecule has 29 heavy (non-hydrogen) atoms. The van der Waals surface area contributed by atoms with E-state index in [1.54, 1.807) is 43.3 Å². The van der Waals surface area contributed by atoms with E-state index < -0.39 is 17.2 Å². The van der Waals surface area contributed by atoms with Crippen LogP contribution in [0, 0.1) is 0 Å². The Bertz CT molecular complexity index is 1220. The second kappa shape index (κ2) is 8.74. The molecule has 3 N–H and O–H groups in total. The van der Waals surface area contributed by atoms with E-state index in [9.17, 15) is 14.4 Å². The Morgan fingerprint density at radius 3 is 2.76 bits per heavy atom. The minimum atomic E-state index is -0.657. The second-order valence-electron chi connectivity index (χ2n) is 5.86. The van der Waals surface area contributed by atoms with E-state index in [1.165, 1.54) is 6.21 Å². The van der Waals surface area contributed by atoms with E-state index in [2.05, 4.69) is 26.0 Å². The molecule has 0 unspecified atom stereocenters. The Morgan fingerprint density at radius 2 is 2.03 bits per heavy atom. The van der Waals surface area contributed by atoms with Gasteiger partial charge in [0.15, 0.2) is 18.1 Å². The number of hydrogen-bond acceptors (Lipinski definition) is 6. The molecule has 1 aromatic heterocycles. The van der Waals surface area contributed by atoms with Crippen LogP contribution in [-0.2, 0) is 4.79 Å². The van der Waals surface area contributed by atoms with Gasteiger partial charge in [0.05, 0.1) is 28.2 Å². The molecule has 0 atom stereocenters. The fourth-order valence-electron chi connectivity index (χ4n) is 2.59. The average molecular weight is 461 g/mol. The smallest absolute Gasteiger partial charge is 0.349 e. The van der Waals surface area contributed by atoms with Crippen LogP contribution in [-0.4, -0.2) is 35.0 Å². The summed E-state index contributed by atoms with van der Waals surface area (Å²) in [5.41, 5.74) is 4.89. The summed E-state index contributed by atoms with van der Waals surface area (Å²) in [6.45, 7) is 1.83. The predicted octanol–water partition coefficient (Wildman–Crippen LogP) is 1.60. The van der Waals surface area contributed by atoms with Crippen LogP contribution in [0.2, 0.25) is 0 Å². The van der Waals surface area contributed by atoms with Crippen LogP contribution in [0.4, 0.5) is 0 Å². The number of amides is 1. The van der Waals surface area contributed by atoms with Crippen LogP contribution in [0.5, 0.6) is 11.5 Å². The molecule has 0 spiro atoms. The fraction of sp³-hybridized carbons (Fsp3) is 0.158. The van der Waals surface area contributed by atoms with Gasteiger partial charge in [0.25, 0.3) is 11.5 Å². The van der Waals surface area contributed by atoms with Crippen LogP contribution in [0.1, 0.15) is 12.5 Å². The predicted molar refractivity (Wildman–Crippen MR) is 112 cm³/mol. The summed E-state index contributed by atoms with van der Waals surface area (Å²) in [4.78, 5) is 38.4. The lowest BCUT2D eigenvalue weighted by atomic mass is 10.2. The molecule has 0 saturated carbocycles. The highest BCUT2D eigenvalue weighted by Gasteiger charge is 2.13. The average Bonchev–Trinajstić information content (AvgIpc) is 2.67. The number of para-hydroxylation sites is 1. The summed E-state index contributed by atoms with van der Waals surface area (Å²) in [5, 5.41) is 4.36. The van der Waals surface area contributed by atoms with Gasteiger partial charge >= 0.3 is 5.69 Å². The van der Waals surface area contributed by atoms with Crippen LogP contribution in [0.15, 0.2) is 55.6 Å². The third kappa shape index (κ3) is 4.54. The second-order valence-corrected chi connectivity index (χ2v) is 6.71. The minimum Gasteiger partial charge on any atom is -0.490 e. The van der Waals surface area contributed by atoms with Gasteiger partial charge in [-0.15, -0.1) is 4.68 Å². The summed E-state index contributed by atoms with van der Waals surface area (Å²) in [5.74, 6) is 0.0350. The molecule has 9 nitrogen and oxygen atoms in total. The molecular weight excluding hydrogens is 444 g/mol. The Morgan fingerprint density at radius 1 is 1.28 bits per heavy atom. The summed E-state index contributed by atoms with van der Waals surface area (Å²) >= 11 is 3.35. The lowest BCUT2D eigenvalue weighted by Crippen LogP contribution is -2.32. The van der Waals surface area contributed by atoms with Gasteiger partial charge in [-0.2, -0.15) is 5.10 Å². The number of primary amides is 1. The zero-order chi connectivity index (χ0) is 21.0. The first-order valence-corrected chi connectivity index (χ1v) is 9.36. The zero-order valence-electron chi connectivity index (χ0n) is 15.3. The number of carbonyl (C=O) groups is 1. The highest BCUT2D eigenvalue weighted by atomic mass is 79.9. The lowest BCUT2D eigenvalue weighted by molar-refractivity contribution is -0.119. The summed E-state index contributed by atoms with van der Waals surface area (Å²) in [6.07, 6.45) is 1.34. The molecule has 1 amide bonds. The van der Waals surface area contributed by atoms with Crippen molar-refractivity contribution in [3.05, 3.63) is 67.3 Å². The molecule has 0 bridgehead atoms. The van der Waals surface area contributed by atoms with Gasteiger partial charge in [0.2, 0.25) is 0 Å². The van der Waals surface area contributed by atoms with Crippen LogP contribution >= 0.6 is 15.9 Å². The van der Waals surface area contributed by atoms with E-state index in [0.717, 1.165) is 4.68 Å². The molecular formula is C19H17BrN4O5. The largest absolute Gasteiger partial charge is 0.490 e. The minimum absolute atomic E-state index is 0.309. The van der Waals surface area contributed by atoms with Crippen molar-refractivity contribution < 1.29 is 14.3 Å². The van der Waals surface area contributed by atoms with Crippen molar-refractivity contribution in [3.63, 3.8) is 0 Å². The molecule has 3 aromatic rings. The molecule has 0 aliphatic rings. The van der Waals surface area contributed by atoms with Crippen molar-refractivity contribution in [1.29, 1.82) is 0 Å². The van der Waals surface area contributed by atoms with E-state index in [1.807, 2.05) is 0 Å². The Kier molecular flexibility index (Phi) is 6.13. The van der Waals surface area contributed by atoms with Gasteiger partial charge in [-0.1, -0.05) is 12.1 Å². The van der Waals surface area contributed by atoms with Gasteiger partial charge in [-0.05, 0) is 52.7 Å². The lowest BCUT2D eigenvalue weighted by Gasteiger charge is -2.13. The SMILES string of the molecule is CCOc1cc(C=Nn2c(=O)[nH]c3ccccc3c2=O)cc(Br)c1OCC(N)=O. The molecule has 0 radical (unpaired) electrons. The monoisotopic (exact) mass is 460 g/mol. The van der Waals surface area contributed by atoms with Crippen molar-refractivity contribution in [3.8, 4) is 11.5 Å². The number of benzene rings is 2. The molecule has 0 saturated heterocycles. The van der Waals surface area contributed by atoms with Crippen LogP contribution in [0.25, 0.3) is 10.9 Å². The normalized spacial score (nSPS) is 11.1. The summed E-state index contributed by atoms with van der Waals surface area (Å²) in [6, 6.07) is 9.92. The van der Waals surface area contributed by atoms with Crippen molar-refractivity contribution >= 4 is 39.0 Å². The molecule has 1 heterocycles. The topological polar surface area (TPSA) is 129 Å². The van der Waals surface area contributed by atoms with Crippen molar-refractivity contribution in [2.45, 2.75) is 6.92 Å². The molecule has 2 aromatic carbocycles. The highest BCUT2D eigenvalue weighted by molar-refractivity contribution is 9.10.